The smallest absolute Gasteiger partial charge is 0.251 e. The topological polar surface area (TPSA) is 70.2 Å². The zero-order valence-corrected chi connectivity index (χ0v) is 12.8. The predicted octanol–water partition coefficient (Wildman–Crippen LogP) is 0.804. The van der Waals surface area contributed by atoms with Gasteiger partial charge in [-0.15, -0.1) is 0 Å². The van der Waals surface area contributed by atoms with Crippen molar-refractivity contribution in [2.45, 2.75) is 51.4 Å². The van der Waals surface area contributed by atoms with Crippen molar-refractivity contribution >= 4 is 0 Å². The summed E-state index contributed by atoms with van der Waals surface area (Å²) in [6, 6.07) is 2.65. The molecule has 2 heterocycles. The maximum Gasteiger partial charge on any atom is 0.251 e. The lowest BCUT2D eigenvalue weighted by Crippen LogP contribution is -2.43. The van der Waals surface area contributed by atoms with Gasteiger partial charge < -0.3 is 15.0 Å². The lowest BCUT2D eigenvalue weighted by atomic mass is 10.2. The van der Waals surface area contributed by atoms with Crippen LogP contribution < -0.4 is 10.9 Å². The molecule has 0 aromatic carbocycles. The fourth-order valence-corrected chi connectivity index (χ4v) is 2.61. The Morgan fingerprint density at radius 3 is 3.05 bits per heavy atom. The molecule has 2 fully saturated rings. The van der Waals surface area contributed by atoms with Gasteiger partial charge in [0.25, 0.3) is 5.56 Å². The van der Waals surface area contributed by atoms with E-state index >= 15 is 0 Å². The maximum absolute atomic E-state index is 11.8. The van der Waals surface area contributed by atoms with Crippen LogP contribution in [0.5, 0.6) is 0 Å². The number of hydrogen-bond acceptors (Lipinski definition) is 5. The van der Waals surface area contributed by atoms with Crippen LogP contribution in [0.4, 0.5) is 0 Å². The Labute approximate surface area is 124 Å². The average Bonchev–Trinajstić information content (AvgIpc) is 3.29. The van der Waals surface area contributed by atoms with Gasteiger partial charge in [-0.1, -0.05) is 0 Å². The van der Waals surface area contributed by atoms with Crippen molar-refractivity contribution in [3.8, 4) is 0 Å². The first kappa shape index (κ1) is 14.7. The molecule has 3 rings (SSSR count). The summed E-state index contributed by atoms with van der Waals surface area (Å²) in [7, 11) is 0. The minimum absolute atomic E-state index is 0.0992. The molecule has 2 aliphatic rings. The molecule has 1 saturated carbocycles. The van der Waals surface area contributed by atoms with Crippen LogP contribution in [0.1, 0.15) is 44.3 Å². The Balaban J connectivity index is 1.72. The molecule has 6 nitrogen and oxygen atoms in total. The van der Waals surface area contributed by atoms with Crippen molar-refractivity contribution in [2.75, 3.05) is 19.7 Å². The molecular formula is C15H24N4O2. The Morgan fingerprint density at radius 2 is 2.33 bits per heavy atom. The van der Waals surface area contributed by atoms with Gasteiger partial charge in [-0.2, -0.15) is 0 Å². The highest BCUT2D eigenvalue weighted by molar-refractivity contribution is 5.06. The quantitative estimate of drug-likeness (QED) is 0.840. The van der Waals surface area contributed by atoms with Gasteiger partial charge in [-0.25, -0.2) is 4.98 Å². The summed E-state index contributed by atoms with van der Waals surface area (Å²) in [5.41, 5.74) is 0.698. The summed E-state index contributed by atoms with van der Waals surface area (Å²) in [5, 5.41) is 3.39. The van der Waals surface area contributed by atoms with Crippen molar-refractivity contribution in [2.24, 2.45) is 0 Å². The first-order valence-electron chi connectivity index (χ1n) is 7.81. The highest BCUT2D eigenvalue weighted by Gasteiger charge is 2.26. The number of morpholine rings is 1. The highest BCUT2D eigenvalue weighted by Crippen LogP contribution is 2.21. The number of nitrogens with zero attached hydrogens (tertiary/aromatic N) is 2. The zero-order chi connectivity index (χ0) is 14.8. The summed E-state index contributed by atoms with van der Waals surface area (Å²) in [4.78, 5) is 21.6. The predicted molar refractivity (Wildman–Crippen MR) is 80.1 cm³/mol. The van der Waals surface area contributed by atoms with E-state index in [1.165, 1.54) is 12.8 Å². The first-order valence-corrected chi connectivity index (χ1v) is 7.81. The molecule has 1 atom stereocenters. The van der Waals surface area contributed by atoms with Gasteiger partial charge in [0.2, 0.25) is 0 Å². The molecule has 0 amide bonds. The van der Waals surface area contributed by atoms with Crippen LogP contribution in [0.2, 0.25) is 0 Å². The summed E-state index contributed by atoms with van der Waals surface area (Å²) < 4.78 is 5.80. The number of aromatic amines is 1. The molecule has 1 unspecified atom stereocenters. The molecule has 21 heavy (non-hydrogen) atoms. The lowest BCUT2D eigenvalue weighted by Gasteiger charge is -2.34. The van der Waals surface area contributed by atoms with Crippen LogP contribution >= 0.6 is 0 Å². The number of rotatable bonds is 5. The third kappa shape index (κ3) is 3.90. The number of nitrogens with one attached hydrogen (secondary N) is 2. The number of H-pyrrole nitrogens is 1. The lowest BCUT2D eigenvalue weighted by molar-refractivity contribution is -0.0444. The Kier molecular flexibility index (Phi) is 4.37. The van der Waals surface area contributed by atoms with Crippen LogP contribution in [0.15, 0.2) is 10.9 Å². The van der Waals surface area contributed by atoms with E-state index in [1.807, 2.05) is 0 Å². The van der Waals surface area contributed by atoms with Gasteiger partial charge in [0.15, 0.2) is 0 Å². The van der Waals surface area contributed by atoms with Crippen molar-refractivity contribution in [3.05, 3.63) is 27.9 Å². The Hall–Kier alpha value is -1.24. The number of aromatic nitrogens is 2. The molecule has 116 valence electrons. The minimum atomic E-state index is -0.144. The third-order valence-electron chi connectivity index (χ3n) is 4.10. The van der Waals surface area contributed by atoms with Gasteiger partial charge >= 0.3 is 0 Å². The molecule has 2 N–H and O–H groups in total. The van der Waals surface area contributed by atoms with Crippen LogP contribution in [0.25, 0.3) is 0 Å². The summed E-state index contributed by atoms with van der Waals surface area (Å²) in [6.07, 6.45) is 2.31. The van der Waals surface area contributed by atoms with Crippen molar-refractivity contribution < 1.29 is 4.74 Å². The summed E-state index contributed by atoms with van der Waals surface area (Å²) >= 11 is 0. The number of ether oxygens (including phenoxy) is 1. The van der Waals surface area contributed by atoms with E-state index in [0.717, 1.165) is 18.8 Å². The second-order valence-corrected chi connectivity index (χ2v) is 6.23. The van der Waals surface area contributed by atoms with E-state index < -0.39 is 0 Å². The molecule has 1 saturated heterocycles. The molecule has 0 spiro atoms. The molecule has 1 aliphatic carbocycles. The molecule has 0 bridgehead atoms. The van der Waals surface area contributed by atoms with Gasteiger partial charge in [-0.05, 0) is 26.7 Å². The average molecular weight is 292 g/mol. The SMILES string of the molecule is CC(C)N1CCOC(c2nc(CNC3CC3)cc(=O)[nH]2)C1. The van der Waals surface area contributed by atoms with Crippen LogP contribution in [-0.2, 0) is 11.3 Å². The van der Waals surface area contributed by atoms with Gasteiger partial charge in [0.05, 0.1) is 12.3 Å². The summed E-state index contributed by atoms with van der Waals surface area (Å²) in [6.45, 7) is 7.39. The third-order valence-corrected chi connectivity index (χ3v) is 4.10. The van der Waals surface area contributed by atoms with Crippen molar-refractivity contribution in [1.82, 2.24) is 20.2 Å². The minimum Gasteiger partial charge on any atom is -0.368 e. The maximum atomic E-state index is 11.8. The molecule has 0 radical (unpaired) electrons. The highest BCUT2D eigenvalue weighted by atomic mass is 16.5. The largest absolute Gasteiger partial charge is 0.368 e. The van der Waals surface area contributed by atoms with E-state index in [4.69, 9.17) is 4.74 Å². The van der Waals surface area contributed by atoms with Crippen molar-refractivity contribution in [3.63, 3.8) is 0 Å². The monoisotopic (exact) mass is 292 g/mol. The zero-order valence-electron chi connectivity index (χ0n) is 12.8. The van der Waals surface area contributed by atoms with Crippen LogP contribution in [0.3, 0.4) is 0 Å². The molecule has 1 aliphatic heterocycles. The Bertz CT molecular complexity index is 539. The fraction of sp³-hybridized carbons (Fsp3) is 0.733. The molecule has 1 aromatic rings. The normalized spacial score (nSPS) is 23.7. The summed E-state index contributed by atoms with van der Waals surface area (Å²) in [5.74, 6) is 0.653. The molecule has 1 aromatic heterocycles. The first-order chi connectivity index (χ1) is 10.1. The van der Waals surface area contributed by atoms with Gasteiger partial charge in [0.1, 0.15) is 11.9 Å². The number of hydrogen-bond donors (Lipinski definition) is 2. The second kappa shape index (κ2) is 6.25. The van der Waals surface area contributed by atoms with Crippen LogP contribution in [-0.4, -0.2) is 46.6 Å². The Morgan fingerprint density at radius 1 is 1.52 bits per heavy atom. The van der Waals surface area contributed by atoms with Gasteiger partial charge in [0, 0.05) is 37.8 Å². The van der Waals surface area contributed by atoms with Crippen molar-refractivity contribution in [1.29, 1.82) is 0 Å². The van der Waals surface area contributed by atoms with E-state index in [-0.39, 0.29) is 11.7 Å². The fourth-order valence-electron chi connectivity index (χ4n) is 2.61. The van der Waals surface area contributed by atoms with E-state index in [0.29, 0.717) is 31.1 Å². The van der Waals surface area contributed by atoms with E-state index in [1.54, 1.807) is 6.07 Å². The van der Waals surface area contributed by atoms with Gasteiger partial charge in [-0.3, -0.25) is 9.69 Å². The molecular weight excluding hydrogens is 268 g/mol. The van der Waals surface area contributed by atoms with E-state index in [2.05, 4.69) is 34.0 Å². The standard InChI is InChI=1S/C15H24N4O2/c1-10(2)19-5-6-21-13(9-19)15-17-12(7-14(20)18-15)8-16-11-3-4-11/h7,10-11,13,16H,3-6,8-9H2,1-2H3,(H,17,18,20). The van der Waals surface area contributed by atoms with Crippen LogP contribution in [0, 0.1) is 0 Å². The molecule has 6 heteroatoms. The second-order valence-electron chi connectivity index (χ2n) is 6.23. The van der Waals surface area contributed by atoms with E-state index in [9.17, 15) is 4.79 Å².